The molecule has 3 heteroatoms. The van der Waals surface area contributed by atoms with Crippen molar-refractivity contribution in [3.05, 3.63) is 29.8 Å². The highest BCUT2D eigenvalue weighted by molar-refractivity contribution is 6.00. The molecule has 1 aromatic rings. The molecular formula is C14H19NO2. The van der Waals surface area contributed by atoms with Crippen LogP contribution in [0.5, 0.6) is 5.75 Å². The molecule has 0 unspecified atom stereocenters. The summed E-state index contributed by atoms with van der Waals surface area (Å²) in [5.74, 6) is 0.326. The van der Waals surface area contributed by atoms with Crippen molar-refractivity contribution >= 4 is 5.78 Å². The Morgan fingerprint density at radius 1 is 1.18 bits per heavy atom. The smallest absolute Gasteiger partial charge is 0.170 e. The van der Waals surface area contributed by atoms with Gasteiger partial charge in [-0.25, -0.2) is 0 Å². The molecule has 3 N–H and O–H groups in total. The van der Waals surface area contributed by atoms with Crippen molar-refractivity contribution in [1.82, 2.24) is 0 Å². The van der Waals surface area contributed by atoms with Crippen LogP contribution in [0.1, 0.15) is 42.5 Å². The Bertz CT molecular complexity index is 391. The lowest BCUT2D eigenvalue weighted by atomic mass is 9.69. The molecule has 92 valence electrons. The molecule has 0 radical (unpaired) electrons. The zero-order chi connectivity index (χ0) is 12.3. The fraction of sp³-hybridized carbons (Fsp3) is 0.500. The number of benzene rings is 1. The Morgan fingerprint density at radius 2 is 1.76 bits per heavy atom. The van der Waals surface area contributed by atoms with Gasteiger partial charge in [-0.2, -0.15) is 0 Å². The summed E-state index contributed by atoms with van der Waals surface area (Å²) in [6.07, 6.45) is 5.15. The van der Waals surface area contributed by atoms with E-state index in [0.717, 1.165) is 25.7 Å². The van der Waals surface area contributed by atoms with Gasteiger partial charge in [0.15, 0.2) is 5.78 Å². The summed E-state index contributed by atoms with van der Waals surface area (Å²) in [4.78, 5) is 12.5. The molecule has 0 atom stereocenters. The first kappa shape index (κ1) is 12.1. The van der Waals surface area contributed by atoms with Gasteiger partial charge in [0.25, 0.3) is 0 Å². The second-order valence-corrected chi connectivity index (χ2v) is 4.92. The summed E-state index contributed by atoms with van der Waals surface area (Å²) in [5, 5.41) is 9.23. The average molecular weight is 233 g/mol. The molecule has 1 fully saturated rings. The van der Waals surface area contributed by atoms with Crippen LogP contribution < -0.4 is 5.73 Å². The largest absolute Gasteiger partial charge is 0.508 e. The van der Waals surface area contributed by atoms with Crippen molar-refractivity contribution in [2.75, 3.05) is 6.54 Å². The van der Waals surface area contributed by atoms with Crippen LogP contribution in [-0.4, -0.2) is 17.4 Å². The van der Waals surface area contributed by atoms with Crippen molar-refractivity contribution in [2.45, 2.75) is 32.1 Å². The Hall–Kier alpha value is -1.35. The third-order valence-corrected chi connectivity index (χ3v) is 3.81. The number of ketones is 1. The van der Waals surface area contributed by atoms with Gasteiger partial charge in [-0.15, -0.1) is 0 Å². The molecule has 3 nitrogen and oxygen atoms in total. The van der Waals surface area contributed by atoms with Gasteiger partial charge in [-0.05, 0) is 37.1 Å². The number of carbonyl (C=O) groups excluding carboxylic acids is 1. The van der Waals surface area contributed by atoms with E-state index in [1.165, 1.54) is 6.42 Å². The van der Waals surface area contributed by atoms with E-state index in [2.05, 4.69) is 0 Å². The van der Waals surface area contributed by atoms with E-state index in [4.69, 9.17) is 5.73 Å². The van der Waals surface area contributed by atoms with Crippen molar-refractivity contribution in [2.24, 2.45) is 11.1 Å². The number of Topliss-reactive ketones (excluding diaryl/α,β-unsaturated/α-hetero) is 1. The van der Waals surface area contributed by atoms with Gasteiger partial charge in [0.05, 0.1) is 0 Å². The predicted octanol–water partition coefficient (Wildman–Crippen LogP) is 2.48. The summed E-state index contributed by atoms with van der Waals surface area (Å²) in [7, 11) is 0. The molecule has 2 rings (SSSR count). The van der Waals surface area contributed by atoms with Crippen molar-refractivity contribution in [3.63, 3.8) is 0 Å². The highest BCUT2D eigenvalue weighted by Gasteiger charge is 2.38. The van der Waals surface area contributed by atoms with Gasteiger partial charge in [0.2, 0.25) is 0 Å². The molecule has 1 aromatic carbocycles. The van der Waals surface area contributed by atoms with Crippen LogP contribution in [0.2, 0.25) is 0 Å². The monoisotopic (exact) mass is 233 g/mol. The fourth-order valence-electron chi connectivity index (χ4n) is 2.67. The number of nitrogens with two attached hydrogens (primary N) is 1. The van der Waals surface area contributed by atoms with Crippen LogP contribution in [0, 0.1) is 5.41 Å². The number of phenolic OH excluding ortho intramolecular Hbond substituents is 1. The van der Waals surface area contributed by atoms with Crippen molar-refractivity contribution in [3.8, 4) is 5.75 Å². The van der Waals surface area contributed by atoms with Crippen LogP contribution in [0.15, 0.2) is 24.3 Å². The lowest BCUT2D eigenvalue weighted by molar-refractivity contribution is 0.0729. The summed E-state index contributed by atoms with van der Waals surface area (Å²) in [6.45, 7) is 0.423. The minimum Gasteiger partial charge on any atom is -0.508 e. The minimum absolute atomic E-state index is 0.139. The third kappa shape index (κ3) is 2.34. The van der Waals surface area contributed by atoms with Crippen molar-refractivity contribution in [1.29, 1.82) is 0 Å². The van der Waals surface area contributed by atoms with E-state index < -0.39 is 0 Å². The SMILES string of the molecule is NCC1(C(=O)c2ccc(O)cc2)CCCCC1. The lowest BCUT2D eigenvalue weighted by Crippen LogP contribution is -2.40. The maximum absolute atomic E-state index is 12.5. The van der Waals surface area contributed by atoms with Crippen LogP contribution >= 0.6 is 0 Å². The van der Waals surface area contributed by atoms with E-state index in [9.17, 15) is 9.90 Å². The van der Waals surface area contributed by atoms with Gasteiger partial charge in [0, 0.05) is 17.5 Å². The van der Waals surface area contributed by atoms with E-state index in [1.54, 1.807) is 24.3 Å². The normalized spacial score (nSPS) is 18.9. The molecule has 17 heavy (non-hydrogen) atoms. The van der Waals surface area contributed by atoms with Gasteiger partial charge in [0.1, 0.15) is 5.75 Å². The van der Waals surface area contributed by atoms with Crippen LogP contribution in [0.3, 0.4) is 0 Å². The van der Waals surface area contributed by atoms with E-state index in [0.29, 0.717) is 12.1 Å². The molecule has 0 aromatic heterocycles. The third-order valence-electron chi connectivity index (χ3n) is 3.81. The Labute approximate surface area is 102 Å². The van der Waals surface area contributed by atoms with Gasteiger partial charge >= 0.3 is 0 Å². The molecule has 1 saturated carbocycles. The Balaban J connectivity index is 2.25. The number of rotatable bonds is 3. The lowest BCUT2D eigenvalue weighted by Gasteiger charge is -2.34. The fourth-order valence-corrected chi connectivity index (χ4v) is 2.67. The van der Waals surface area contributed by atoms with Crippen LogP contribution in [-0.2, 0) is 0 Å². The quantitative estimate of drug-likeness (QED) is 0.788. The molecule has 0 amide bonds. The molecule has 0 heterocycles. The minimum atomic E-state index is -0.366. The first-order valence-corrected chi connectivity index (χ1v) is 6.22. The number of carbonyl (C=O) groups is 1. The van der Waals surface area contributed by atoms with Gasteiger partial charge in [-0.3, -0.25) is 4.79 Å². The zero-order valence-electron chi connectivity index (χ0n) is 9.98. The average Bonchev–Trinajstić information content (AvgIpc) is 2.39. The maximum atomic E-state index is 12.5. The molecule has 0 spiro atoms. The second kappa shape index (κ2) is 4.88. The van der Waals surface area contributed by atoms with Crippen LogP contribution in [0.25, 0.3) is 0 Å². The molecule has 0 aliphatic heterocycles. The van der Waals surface area contributed by atoms with Gasteiger partial charge < -0.3 is 10.8 Å². The molecule has 1 aliphatic carbocycles. The molecular weight excluding hydrogens is 214 g/mol. The Kier molecular flexibility index (Phi) is 3.48. The molecule has 0 bridgehead atoms. The Morgan fingerprint density at radius 3 is 2.29 bits per heavy atom. The van der Waals surface area contributed by atoms with Crippen molar-refractivity contribution < 1.29 is 9.90 Å². The van der Waals surface area contributed by atoms with Gasteiger partial charge in [-0.1, -0.05) is 19.3 Å². The van der Waals surface area contributed by atoms with E-state index >= 15 is 0 Å². The first-order valence-electron chi connectivity index (χ1n) is 6.22. The first-order chi connectivity index (χ1) is 8.18. The maximum Gasteiger partial charge on any atom is 0.170 e. The summed E-state index contributed by atoms with van der Waals surface area (Å²) in [5.41, 5.74) is 6.13. The highest BCUT2D eigenvalue weighted by atomic mass is 16.3. The molecule has 0 saturated heterocycles. The zero-order valence-corrected chi connectivity index (χ0v) is 9.98. The summed E-state index contributed by atoms with van der Waals surface area (Å²) >= 11 is 0. The summed E-state index contributed by atoms with van der Waals surface area (Å²) < 4.78 is 0. The topological polar surface area (TPSA) is 63.3 Å². The number of phenols is 1. The standard InChI is InChI=1S/C14H19NO2/c15-10-14(8-2-1-3-9-14)13(17)11-4-6-12(16)7-5-11/h4-7,16H,1-3,8-10,15H2. The summed E-state index contributed by atoms with van der Waals surface area (Å²) in [6, 6.07) is 6.48. The number of hydrogen-bond donors (Lipinski definition) is 2. The highest BCUT2D eigenvalue weighted by Crippen LogP contribution is 2.38. The van der Waals surface area contributed by atoms with E-state index in [-0.39, 0.29) is 16.9 Å². The van der Waals surface area contributed by atoms with E-state index in [1.807, 2.05) is 0 Å². The number of aromatic hydroxyl groups is 1. The molecule has 1 aliphatic rings. The second-order valence-electron chi connectivity index (χ2n) is 4.92. The van der Waals surface area contributed by atoms with Crippen LogP contribution in [0.4, 0.5) is 0 Å². The predicted molar refractivity (Wildman–Crippen MR) is 67.0 cm³/mol. The number of hydrogen-bond acceptors (Lipinski definition) is 3.